The van der Waals surface area contributed by atoms with Gasteiger partial charge in [-0.25, -0.2) is 9.97 Å². The maximum atomic E-state index is 12.0. The minimum absolute atomic E-state index is 0.0318. The highest BCUT2D eigenvalue weighted by molar-refractivity contribution is 5.94. The van der Waals surface area contributed by atoms with Gasteiger partial charge in [0.25, 0.3) is 5.91 Å². The van der Waals surface area contributed by atoms with Gasteiger partial charge in [-0.15, -0.1) is 0 Å². The summed E-state index contributed by atoms with van der Waals surface area (Å²) < 4.78 is 1.78. The second-order valence-corrected chi connectivity index (χ2v) is 4.88. The predicted molar refractivity (Wildman–Crippen MR) is 71.0 cm³/mol. The lowest BCUT2D eigenvalue weighted by molar-refractivity contribution is 0.0939. The van der Waals surface area contributed by atoms with Crippen LogP contribution in [0.1, 0.15) is 29.6 Å². The zero-order valence-electron chi connectivity index (χ0n) is 10.6. The fraction of sp³-hybridized carbons (Fsp3) is 0.357. The highest BCUT2D eigenvalue weighted by Gasteiger charge is 2.18. The number of hydrogen-bond donors (Lipinski definition) is 1. The minimum atomic E-state index is -0.0318. The molecular weight excluding hydrogens is 240 g/mol. The first-order valence-corrected chi connectivity index (χ1v) is 6.55. The Morgan fingerprint density at radius 3 is 3.00 bits per heavy atom. The lowest BCUT2D eigenvalue weighted by Crippen LogP contribution is -2.32. The van der Waals surface area contributed by atoms with E-state index >= 15 is 0 Å². The molecule has 1 fully saturated rings. The maximum Gasteiger partial charge on any atom is 0.251 e. The van der Waals surface area contributed by atoms with Gasteiger partial charge in [0.15, 0.2) is 0 Å². The van der Waals surface area contributed by atoms with Crippen LogP contribution in [0.2, 0.25) is 0 Å². The van der Waals surface area contributed by atoms with E-state index in [1.165, 1.54) is 19.3 Å². The number of imidazole rings is 1. The lowest BCUT2D eigenvalue weighted by Gasteiger charge is -2.25. The lowest BCUT2D eigenvalue weighted by atomic mass is 9.85. The Labute approximate surface area is 111 Å². The molecule has 1 aliphatic carbocycles. The molecule has 5 nitrogen and oxygen atoms in total. The summed E-state index contributed by atoms with van der Waals surface area (Å²) in [4.78, 5) is 20.3. The molecule has 0 bridgehead atoms. The van der Waals surface area contributed by atoms with Crippen LogP contribution in [0.5, 0.6) is 0 Å². The van der Waals surface area contributed by atoms with Gasteiger partial charge in [0.05, 0.1) is 0 Å². The molecule has 5 heteroatoms. The molecule has 1 aliphatic rings. The smallest absolute Gasteiger partial charge is 0.251 e. The molecule has 2 aromatic heterocycles. The first kappa shape index (κ1) is 11.9. The van der Waals surface area contributed by atoms with Gasteiger partial charge < -0.3 is 5.32 Å². The van der Waals surface area contributed by atoms with Crippen LogP contribution >= 0.6 is 0 Å². The summed E-state index contributed by atoms with van der Waals surface area (Å²) >= 11 is 0. The Hall–Kier alpha value is -2.17. The Morgan fingerprint density at radius 1 is 1.42 bits per heavy atom. The van der Waals surface area contributed by atoms with Crippen molar-refractivity contribution in [1.29, 1.82) is 0 Å². The third kappa shape index (κ3) is 2.65. The summed E-state index contributed by atoms with van der Waals surface area (Å²) in [6.45, 7) is 0.779. The van der Waals surface area contributed by atoms with E-state index in [0.29, 0.717) is 17.3 Å². The Bertz CT molecular complexity index is 561. The quantitative estimate of drug-likeness (QED) is 0.907. The van der Waals surface area contributed by atoms with Gasteiger partial charge in [0, 0.05) is 30.7 Å². The van der Waals surface area contributed by atoms with E-state index in [1.54, 1.807) is 41.6 Å². The van der Waals surface area contributed by atoms with E-state index in [9.17, 15) is 4.79 Å². The average Bonchev–Trinajstić information content (AvgIpc) is 2.91. The summed E-state index contributed by atoms with van der Waals surface area (Å²) in [5, 5.41) is 2.98. The van der Waals surface area contributed by atoms with E-state index in [2.05, 4.69) is 15.3 Å². The van der Waals surface area contributed by atoms with Crippen LogP contribution in [0, 0.1) is 5.92 Å². The third-order valence-corrected chi connectivity index (χ3v) is 3.55. The molecule has 0 atom stereocenters. The van der Waals surface area contributed by atoms with Crippen molar-refractivity contribution >= 4 is 5.91 Å². The van der Waals surface area contributed by atoms with Crippen molar-refractivity contribution in [3.63, 3.8) is 0 Å². The highest BCUT2D eigenvalue weighted by atomic mass is 16.1. The van der Waals surface area contributed by atoms with E-state index in [4.69, 9.17) is 0 Å². The number of amides is 1. The van der Waals surface area contributed by atoms with Crippen LogP contribution in [-0.2, 0) is 0 Å². The van der Waals surface area contributed by atoms with Crippen molar-refractivity contribution in [3.8, 4) is 5.82 Å². The van der Waals surface area contributed by atoms with E-state index in [0.717, 1.165) is 6.54 Å². The number of pyridine rings is 1. The molecule has 19 heavy (non-hydrogen) atoms. The summed E-state index contributed by atoms with van der Waals surface area (Å²) in [6, 6.07) is 3.51. The van der Waals surface area contributed by atoms with Crippen molar-refractivity contribution in [3.05, 3.63) is 42.6 Å². The fourth-order valence-corrected chi connectivity index (χ4v) is 2.13. The molecule has 0 aromatic carbocycles. The van der Waals surface area contributed by atoms with Crippen LogP contribution < -0.4 is 5.32 Å². The summed E-state index contributed by atoms with van der Waals surface area (Å²) in [6.07, 6.45) is 10.6. The Morgan fingerprint density at radius 2 is 2.32 bits per heavy atom. The maximum absolute atomic E-state index is 12.0. The van der Waals surface area contributed by atoms with Gasteiger partial charge in [-0.05, 0) is 30.9 Å². The second-order valence-electron chi connectivity index (χ2n) is 4.88. The molecule has 2 heterocycles. The summed E-state index contributed by atoms with van der Waals surface area (Å²) in [5.41, 5.74) is 0.637. The number of carbonyl (C=O) groups excluding carboxylic acids is 1. The van der Waals surface area contributed by atoms with Crippen LogP contribution in [0.3, 0.4) is 0 Å². The number of nitrogens with zero attached hydrogens (tertiary/aromatic N) is 3. The van der Waals surface area contributed by atoms with Crippen LogP contribution in [0.25, 0.3) is 5.82 Å². The highest BCUT2D eigenvalue weighted by Crippen LogP contribution is 2.25. The first-order valence-electron chi connectivity index (χ1n) is 6.55. The number of aromatic nitrogens is 3. The van der Waals surface area contributed by atoms with Gasteiger partial charge in [-0.1, -0.05) is 6.42 Å². The second kappa shape index (κ2) is 5.22. The standard InChI is InChI=1S/C14H16N4O/c19-14(17-9-11-2-1-3-11)12-4-5-16-13(8-12)18-7-6-15-10-18/h4-8,10-11H,1-3,9H2,(H,17,19). The van der Waals surface area contributed by atoms with Gasteiger partial charge >= 0.3 is 0 Å². The molecule has 1 amide bonds. The molecule has 0 spiro atoms. The monoisotopic (exact) mass is 256 g/mol. The number of nitrogens with one attached hydrogen (secondary N) is 1. The predicted octanol–water partition coefficient (Wildman–Crippen LogP) is 1.80. The number of carbonyl (C=O) groups is 1. The zero-order valence-corrected chi connectivity index (χ0v) is 10.6. The van der Waals surface area contributed by atoms with Crippen molar-refractivity contribution in [2.75, 3.05) is 6.54 Å². The third-order valence-electron chi connectivity index (χ3n) is 3.55. The number of hydrogen-bond acceptors (Lipinski definition) is 3. The summed E-state index contributed by atoms with van der Waals surface area (Å²) in [7, 11) is 0. The van der Waals surface area contributed by atoms with Crippen molar-refractivity contribution < 1.29 is 4.79 Å². The van der Waals surface area contributed by atoms with E-state index < -0.39 is 0 Å². The van der Waals surface area contributed by atoms with Gasteiger partial charge in [-0.2, -0.15) is 0 Å². The van der Waals surface area contributed by atoms with Crippen LogP contribution in [-0.4, -0.2) is 27.0 Å². The van der Waals surface area contributed by atoms with E-state index in [1.807, 2.05) is 0 Å². The van der Waals surface area contributed by atoms with Crippen LogP contribution in [0.4, 0.5) is 0 Å². The first-order chi connectivity index (χ1) is 9.33. The Balaban J connectivity index is 1.69. The van der Waals surface area contributed by atoms with Crippen molar-refractivity contribution in [2.45, 2.75) is 19.3 Å². The largest absolute Gasteiger partial charge is 0.352 e. The molecule has 98 valence electrons. The van der Waals surface area contributed by atoms with Gasteiger partial charge in [0.1, 0.15) is 12.1 Å². The fourth-order valence-electron chi connectivity index (χ4n) is 2.13. The van der Waals surface area contributed by atoms with E-state index in [-0.39, 0.29) is 5.91 Å². The topological polar surface area (TPSA) is 59.8 Å². The molecule has 3 rings (SSSR count). The zero-order chi connectivity index (χ0) is 13.1. The SMILES string of the molecule is O=C(NCC1CCC1)c1ccnc(-n2ccnc2)c1. The minimum Gasteiger partial charge on any atom is -0.352 e. The molecule has 0 saturated heterocycles. The molecule has 0 aliphatic heterocycles. The Kier molecular flexibility index (Phi) is 3.27. The molecule has 1 saturated carbocycles. The average molecular weight is 256 g/mol. The molecule has 1 N–H and O–H groups in total. The van der Waals surface area contributed by atoms with Gasteiger partial charge in [-0.3, -0.25) is 9.36 Å². The molecule has 0 unspecified atom stereocenters. The molecule has 2 aromatic rings. The molecular formula is C14H16N4O. The van der Waals surface area contributed by atoms with Crippen LogP contribution in [0.15, 0.2) is 37.1 Å². The molecule has 0 radical (unpaired) electrons. The normalized spacial score (nSPS) is 14.9. The van der Waals surface area contributed by atoms with Crippen molar-refractivity contribution in [2.24, 2.45) is 5.92 Å². The number of rotatable bonds is 4. The van der Waals surface area contributed by atoms with Crippen molar-refractivity contribution in [1.82, 2.24) is 19.9 Å². The summed E-state index contributed by atoms with van der Waals surface area (Å²) in [5.74, 6) is 1.34. The van der Waals surface area contributed by atoms with Gasteiger partial charge in [0.2, 0.25) is 0 Å².